The third-order valence-electron chi connectivity index (χ3n) is 6.63. The molecule has 0 rings (SSSR count). The van der Waals surface area contributed by atoms with Crippen LogP contribution in [0.5, 0.6) is 0 Å². The number of hydrogen-bond acceptors (Lipinski definition) is 8. The molecule has 0 saturated carbocycles. The number of ketones is 3. The fourth-order valence-electron chi connectivity index (χ4n) is 4.38. The van der Waals surface area contributed by atoms with Crippen LogP contribution in [0.3, 0.4) is 0 Å². The van der Waals surface area contributed by atoms with Crippen LogP contribution in [0.15, 0.2) is 0 Å². The summed E-state index contributed by atoms with van der Waals surface area (Å²) in [5.74, 6) is -0.203. The van der Waals surface area contributed by atoms with Gasteiger partial charge < -0.3 is 24.1 Å². The van der Waals surface area contributed by atoms with Crippen LogP contribution in [-0.4, -0.2) is 81.3 Å². The zero-order valence-corrected chi connectivity index (χ0v) is 26.0. The Balaban J connectivity index is 3.40. The van der Waals surface area contributed by atoms with E-state index in [-0.39, 0.29) is 30.7 Å². The third-order valence-corrected chi connectivity index (χ3v) is 6.63. The van der Waals surface area contributed by atoms with E-state index in [2.05, 4.69) is 0 Å². The molecule has 0 aliphatic rings. The molecule has 41 heavy (non-hydrogen) atoms. The number of aliphatic carboxylic acids is 1. The number of hydrogen-bond donors (Lipinski definition) is 1. The molecule has 0 fully saturated rings. The SMILES string of the molecule is CC(=O)COCCOCCCC(=O)COCCOCC(C)CC(=O)CCCCCCCCCCCCCCC(=O)O. The molecule has 240 valence electrons. The van der Waals surface area contributed by atoms with Gasteiger partial charge in [0.2, 0.25) is 0 Å². The van der Waals surface area contributed by atoms with Crippen LogP contribution in [0.25, 0.3) is 0 Å². The summed E-state index contributed by atoms with van der Waals surface area (Å²) in [4.78, 5) is 45.3. The van der Waals surface area contributed by atoms with Gasteiger partial charge in [-0.2, -0.15) is 0 Å². The van der Waals surface area contributed by atoms with Crippen molar-refractivity contribution in [3.05, 3.63) is 0 Å². The first-order chi connectivity index (χ1) is 19.8. The molecular formula is C32H58O9. The summed E-state index contributed by atoms with van der Waals surface area (Å²) in [5, 5.41) is 8.62. The van der Waals surface area contributed by atoms with Crippen molar-refractivity contribution in [1.82, 2.24) is 0 Å². The van der Waals surface area contributed by atoms with Crippen molar-refractivity contribution in [2.75, 3.05) is 52.9 Å². The van der Waals surface area contributed by atoms with Gasteiger partial charge in [0.05, 0.1) is 26.4 Å². The second-order valence-corrected chi connectivity index (χ2v) is 11.1. The number of ether oxygens (including phenoxy) is 4. The predicted molar refractivity (Wildman–Crippen MR) is 159 cm³/mol. The lowest BCUT2D eigenvalue weighted by Gasteiger charge is -2.11. The molecular weight excluding hydrogens is 528 g/mol. The van der Waals surface area contributed by atoms with Crippen LogP contribution >= 0.6 is 0 Å². The third kappa shape index (κ3) is 32.7. The maximum atomic E-state index is 12.2. The number of carbonyl (C=O) groups is 4. The molecule has 0 bridgehead atoms. The molecule has 0 amide bonds. The molecule has 0 aromatic carbocycles. The Hall–Kier alpha value is -1.68. The van der Waals surface area contributed by atoms with Crippen LogP contribution in [0.4, 0.5) is 0 Å². The summed E-state index contributed by atoms with van der Waals surface area (Å²) in [6, 6.07) is 0. The minimum absolute atomic E-state index is 0.0159. The number of carbonyl (C=O) groups excluding carboxylic acids is 3. The summed E-state index contributed by atoms with van der Waals surface area (Å²) in [5.41, 5.74) is 0. The molecule has 0 aromatic heterocycles. The van der Waals surface area contributed by atoms with E-state index < -0.39 is 5.97 Å². The summed E-state index contributed by atoms with van der Waals surface area (Å²) in [6.45, 7) is 6.18. The Labute approximate surface area is 248 Å². The van der Waals surface area contributed by atoms with Crippen molar-refractivity contribution in [2.45, 2.75) is 123 Å². The molecule has 9 heteroatoms. The smallest absolute Gasteiger partial charge is 0.303 e. The maximum Gasteiger partial charge on any atom is 0.303 e. The summed E-state index contributed by atoms with van der Waals surface area (Å²) < 4.78 is 21.4. The minimum atomic E-state index is -0.693. The number of rotatable bonds is 33. The van der Waals surface area contributed by atoms with Gasteiger partial charge in [-0.3, -0.25) is 19.2 Å². The fraction of sp³-hybridized carbons (Fsp3) is 0.875. The zero-order chi connectivity index (χ0) is 30.4. The Morgan fingerprint density at radius 3 is 1.56 bits per heavy atom. The minimum Gasteiger partial charge on any atom is -0.481 e. The van der Waals surface area contributed by atoms with E-state index in [0.717, 1.165) is 32.1 Å². The molecule has 1 N–H and O–H groups in total. The lowest BCUT2D eigenvalue weighted by molar-refractivity contribution is -0.137. The van der Waals surface area contributed by atoms with Gasteiger partial charge in [-0.1, -0.05) is 71.1 Å². The first-order valence-corrected chi connectivity index (χ1v) is 15.9. The molecule has 0 radical (unpaired) electrons. The summed E-state index contributed by atoms with van der Waals surface area (Å²) in [6.07, 6.45) is 16.2. The van der Waals surface area contributed by atoms with Crippen molar-refractivity contribution in [3.8, 4) is 0 Å². The molecule has 0 spiro atoms. The highest BCUT2D eigenvalue weighted by molar-refractivity contribution is 5.79. The van der Waals surface area contributed by atoms with Gasteiger partial charge in [0.15, 0.2) is 11.6 Å². The monoisotopic (exact) mass is 586 g/mol. The van der Waals surface area contributed by atoms with E-state index in [1.807, 2.05) is 6.92 Å². The number of carboxylic acids is 1. The summed E-state index contributed by atoms with van der Waals surface area (Å²) in [7, 11) is 0. The van der Waals surface area contributed by atoms with Gasteiger partial charge in [0, 0.05) is 38.9 Å². The molecule has 0 aliphatic heterocycles. The van der Waals surface area contributed by atoms with Crippen LogP contribution < -0.4 is 0 Å². The maximum absolute atomic E-state index is 12.2. The topological polar surface area (TPSA) is 125 Å². The van der Waals surface area contributed by atoms with Gasteiger partial charge in [0.1, 0.15) is 19.0 Å². The van der Waals surface area contributed by atoms with Crippen LogP contribution in [0.1, 0.15) is 123 Å². The van der Waals surface area contributed by atoms with E-state index in [0.29, 0.717) is 77.5 Å². The lowest BCUT2D eigenvalue weighted by Crippen LogP contribution is -2.16. The van der Waals surface area contributed by atoms with Crippen LogP contribution in [-0.2, 0) is 38.1 Å². The Bertz CT molecular complexity index is 666. The van der Waals surface area contributed by atoms with E-state index in [4.69, 9.17) is 24.1 Å². The van der Waals surface area contributed by atoms with Crippen molar-refractivity contribution < 1.29 is 43.2 Å². The number of carboxylic acid groups (broad SMARTS) is 1. The normalized spacial score (nSPS) is 12.0. The van der Waals surface area contributed by atoms with Gasteiger partial charge >= 0.3 is 5.97 Å². The molecule has 9 nitrogen and oxygen atoms in total. The van der Waals surface area contributed by atoms with Crippen molar-refractivity contribution in [2.24, 2.45) is 5.92 Å². The van der Waals surface area contributed by atoms with Gasteiger partial charge in [0.25, 0.3) is 0 Å². The quantitative estimate of drug-likeness (QED) is 0.0904. The highest BCUT2D eigenvalue weighted by atomic mass is 16.5. The highest BCUT2D eigenvalue weighted by Crippen LogP contribution is 2.14. The first-order valence-electron chi connectivity index (χ1n) is 15.9. The summed E-state index contributed by atoms with van der Waals surface area (Å²) >= 11 is 0. The van der Waals surface area contributed by atoms with Crippen molar-refractivity contribution in [1.29, 1.82) is 0 Å². The predicted octanol–water partition coefficient (Wildman–Crippen LogP) is 6.13. The molecule has 0 heterocycles. The van der Waals surface area contributed by atoms with Gasteiger partial charge in [-0.25, -0.2) is 0 Å². The zero-order valence-electron chi connectivity index (χ0n) is 26.0. The van der Waals surface area contributed by atoms with Gasteiger partial charge in [-0.05, 0) is 32.1 Å². The first kappa shape index (κ1) is 39.3. The van der Waals surface area contributed by atoms with E-state index in [9.17, 15) is 19.2 Å². The van der Waals surface area contributed by atoms with E-state index in [1.165, 1.54) is 51.9 Å². The molecule has 0 aliphatic carbocycles. The lowest BCUT2D eigenvalue weighted by atomic mass is 10.0. The highest BCUT2D eigenvalue weighted by Gasteiger charge is 2.10. The molecule has 0 saturated heterocycles. The largest absolute Gasteiger partial charge is 0.481 e. The molecule has 1 unspecified atom stereocenters. The van der Waals surface area contributed by atoms with Crippen molar-refractivity contribution in [3.63, 3.8) is 0 Å². The van der Waals surface area contributed by atoms with Crippen molar-refractivity contribution >= 4 is 23.3 Å². The second-order valence-electron chi connectivity index (χ2n) is 11.1. The van der Waals surface area contributed by atoms with Gasteiger partial charge in [-0.15, -0.1) is 0 Å². The fourth-order valence-corrected chi connectivity index (χ4v) is 4.38. The van der Waals surface area contributed by atoms with Crippen LogP contribution in [0, 0.1) is 5.92 Å². The standard InChI is InChI=1S/C32H58O9/c1-28(25-39-22-23-41-27-31(35)17-15-19-38-20-21-40-26-29(2)33)24-30(34)16-13-11-9-7-5-3-4-6-8-10-12-14-18-32(36)37/h28H,3-27H2,1-2H3,(H,36,37). The number of Topliss-reactive ketones (excluding diaryl/α,β-unsaturated/α-hetero) is 3. The Kier molecular flexibility index (Phi) is 28.6. The molecule has 0 aromatic rings. The van der Waals surface area contributed by atoms with E-state index in [1.54, 1.807) is 0 Å². The second kappa shape index (κ2) is 29.8. The Morgan fingerprint density at radius 2 is 1.00 bits per heavy atom. The van der Waals surface area contributed by atoms with E-state index >= 15 is 0 Å². The average Bonchev–Trinajstić information content (AvgIpc) is 2.91. The Morgan fingerprint density at radius 1 is 0.537 bits per heavy atom. The van der Waals surface area contributed by atoms with Crippen LogP contribution in [0.2, 0.25) is 0 Å². The average molecular weight is 587 g/mol. The number of unbranched alkanes of at least 4 members (excludes halogenated alkanes) is 11. The molecule has 1 atom stereocenters.